The first-order valence-electron chi connectivity index (χ1n) is 8.99. The summed E-state index contributed by atoms with van der Waals surface area (Å²) >= 11 is 0. The van der Waals surface area contributed by atoms with Gasteiger partial charge in [0.1, 0.15) is 11.4 Å². The van der Waals surface area contributed by atoms with Crippen molar-refractivity contribution in [2.45, 2.75) is 66.2 Å². The van der Waals surface area contributed by atoms with Gasteiger partial charge in [0.05, 0.1) is 6.61 Å². The highest BCUT2D eigenvalue weighted by molar-refractivity contribution is 5.67. The molecule has 0 bridgehead atoms. The maximum absolute atomic E-state index is 11.9. The van der Waals surface area contributed by atoms with Crippen molar-refractivity contribution in [3.63, 3.8) is 0 Å². The van der Waals surface area contributed by atoms with E-state index in [2.05, 4.69) is 37.5 Å². The Morgan fingerprint density at radius 2 is 1.88 bits per heavy atom. The fourth-order valence-corrected chi connectivity index (χ4v) is 2.26. The molecule has 1 aromatic rings. The van der Waals surface area contributed by atoms with Gasteiger partial charge in [-0.2, -0.15) is 0 Å². The third kappa shape index (κ3) is 7.78. The lowest BCUT2D eigenvalue weighted by molar-refractivity contribution is 0.0503. The van der Waals surface area contributed by atoms with Crippen LogP contribution in [-0.4, -0.2) is 30.4 Å². The van der Waals surface area contributed by atoms with E-state index in [0.29, 0.717) is 25.6 Å². The summed E-state index contributed by atoms with van der Waals surface area (Å²) in [5.41, 5.74) is 0.402. The third-order valence-corrected chi connectivity index (χ3v) is 4.18. The monoisotopic (exact) mass is 350 g/mol. The van der Waals surface area contributed by atoms with E-state index in [4.69, 9.17) is 9.47 Å². The van der Waals surface area contributed by atoms with Gasteiger partial charge < -0.3 is 20.1 Å². The number of alkyl carbamates (subject to hydrolysis) is 1. The fourth-order valence-electron chi connectivity index (χ4n) is 2.26. The molecule has 1 atom stereocenters. The molecule has 5 nitrogen and oxygen atoms in total. The van der Waals surface area contributed by atoms with Crippen molar-refractivity contribution in [3.8, 4) is 5.75 Å². The maximum Gasteiger partial charge on any atom is 0.407 e. The van der Waals surface area contributed by atoms with Crippen LogP contribution >= 0.6 is 0 Å². The summed E-state index contributed by atoms with van der Waals surface area (Å²) in [6, 6.07) is 8.06. The van der Waals surface area contributed by atoms with E-state index in [1.807, 2.05) is 45.9 Å². The number of carbonyl (C=O) groups is 1. The zero-order chi connectivity index (χ0) is 19.1. The molecule has 2 N–H and O–H groups in total. The Labute approximate surface area is 152 Å². The number of benzene rings is 1. The number of hydrogen-bond donors (Lipinski definition) is 2. The number of hydrogen-bond acceptors (Lipinski definition) is 4. The van der Waals surface area contributed by atoms with Gasteiger partial charge in [0.2, 0.25) is 0 Å². The summed E-state index contributed by atoms with van der Waals surface area (Å²) in [6.07, 6.45) is -0.389. The smallest absolute Gasteiger partial charge is 0.407 e. The first kappa shape index (κ1) is 21.3. The summed E-state index contributed by atoms with van der Waals surface area (Å²) in [5.74, 6) is 1.21. The highest BCUT2D eigenvalue weighted by atomic mass is 16.6. The van der Waals surface area contributed by atoms with E-state index in [9.17, 15) is 4.79 Å². The van der Waals surface area contributed by atoms with Gasteiger partial charge in [0.25, 0.3) is 0 Å². The highest BCUT2D eigenvalue weighted by Gasteiger charge is 2.29. The van der Waals surface area contributed by atoms with Gasteiger partial charge in [-0.25, -0.2) is 4.79 Å². The van der Waals surface area contributed by atoms with Crippen molar-refractivity contribution in [1.82, 2.24) is 10.6 Å². The lowest BCUT2D eigenvalue weighted by Crippen LogP contribution is -2.55. The quantitative estimate of drug-likeness (QED) is 0.740. The Morgan fingerprint density at radius 3 is 2.44 bits per heavy atom. The van der Waals surface area contributed by atoms with Crippen molar-refractivity contribution in [2.75, 3.05) is 13.2 Å². The van der Waals surface area contributed by atoms with Gasteiger partial charge in [-0.3, -0.25) is 0 Å². The number of carbonyl (C=O) groups excluding carboxylic acids is 1. The van der Waals surface area contributed by atoms with Crippen LogP contribution in [0.5, 0.6) is 5.75 Å². The minimum Gasteiger partial charge on any atom is -0.494 e. The normalized spacial score (nSPS) is 14.1. The highest BCUT2D eigenvalue weighted by Crippen LogP contribution is 2.19. The molecule has 1 aromatic carbocycles. The van der Waals surface area contributed by atoms with Crippen LogP contribution in [0.25, 0.3) is 0 Å². The first-order chi connectivity index (χ1) is 11.6. The Balaban J connectivity index is 2.66. The Morgan fingerprint density at radius 1 is 1.20 bits per heavy atom. The fraction of sp³-hybridized carbons (Fsp3) is 0.650. The molecule has 0 saturated carbocycles. The van der Waals surface area contributed by atoms with Crippen molar-refractivity contribution >= 4 is 6.09 Å². The van der Waals surface area contributed by atoms with Crippen LogP contribution in [0.15, 0.2) is 24.3 Å². The van der Waals surface area contributed by atoms with E-state index in [1.54, 1.807) is 0 Å². The number of ether oxygens (including phenoxy) is 2. The van der Waals surface area contributed by atoms with E-state index in [-0.39, 0.29) is 11.6 Å². The van der Waals surface area contributed by atoms with Gasteiger partial charge in [-0.1, -0.05) is 26.0 Å². The molecule has 142 valence electrons. The Bertz CT molecular complexity index is 552. The molecule has 0 heterocycles. The lowest BCUT2D eigenvalue weighted by Gasteiger charge is -2.35. The molecule has 1 unspecified atom stereocenters. The Kier molecular flexibility index (Phi) is 7.74. The van der Waals surface area contributed by atoms with Crippen LogP contribution in [0.2, 0.25) is 0 Å². The van der Waals surface area contributed by atoms with E-state index >= 15 is 0 Å². The van der Waals surface area contributed by atoms with Gasteiger partial charge in [0, 0.05) is 18.6 Å². The number of nitrogens with one attached hydrogen (secondary N) is 2. The summed E-state index contributed by atoms with van der Waals surface area (Å²) in [6.45, 7) is 15.8. The van der Waals surface area contributed by atoms with Crippen molar-refractivity contribution in [3.05, 3.63) is 29.8 Å². The van der Waals surface area contributed by atoms with E-state index in [1.165, 1.54) is 0 Å². The minimum absolute atomic E-state index is 0.251. The second-order valence-electron chi connectivity index (χ2n) is 7.86. The van der Waals surface area contributed by atoms with E-state index < -0.39 is 5.60 Å². The topological polar surface area (TPSA) is 59.6 Å². The van der Waals surface area contributed by atoms with Gasteiger partial charge in [-0.15, -0.1) is 0 Å². The van der Waals surface area contributed by atoms with Crippen LogP contribution in [0, 0.1) is 5.92 Å². The van der Waals surface area contributed by atoms with Crippen LogP contribution < -0.4 is 15.4 Å². The molecule has 0 aliphatic carbocycles. The summed E-state index contributed by atoms with van der Waals surface area (Å²) < 4.78 is 10.9. The molecule has 0 aromatic heterocycles. The number of amides is 1. The van der Waals surface area contributed by atoms with Crippen molar-refractivity contribution in [2.24, 2.45) is 5.92 Å². The average molecular weight is 351 g/mol. The SMILES string of the molecule is CCOc1cccc(CNC(C)(CNC(=O)OC(C)(C)C)C(C)C)c1. The third-order valence-electron chi connectivity index (χ3n) is 4.18. The molecule has 0 fully saturated rings. The summed E-state index contributed by atoms with van der Waals surface area (Å²) in [5, 5.41) is 6.45. The standard InChI is InChI=1S/C20H34N2O3/c1-8-24-17-11-9-10-16(12-17)13-22-20(7,15(2)3)14-21-18(23)25-19(4,5)6/h9-12,15,22H,8,13-14H2,1-7H3,(H,21,23). The lowest BCUT2D eigenvalue weighted by atomic mass is 9.88. The number of rotatable bonds is 8. The van der Waals surface area contributed by atoms with Crippen molar-refractivity contribution in [1.29, 1.82) is 0 Å². The minimum atomic E-state index is -0.495. The van der Waals surface area contributed by atoms with Gasteiger partial charge in [-0.05, 0) is 58.2 Å². The second kappa shape index (κ2) is 9.09. The largest absolute Gasteiger partial charge is 0.494 e. The molecular weight excluding hydrogens is 316 g/mol. The van der Waals surface area contributed by atoms with Gasteiger partial charge >= 0.3 is 6.09 Å². The molecule has 1 amide bonds. The maximum atomic E-state index is 11.9. The average Bonchev–Trinajstić information content (AvgIpc) is 2.50. The summed E-state index contributed by atoms with van der Waals surface area (Å²) in [7, 11) is 0. The Hall–Kier alpha value is -1.75. The summed E-state index contributed by atoms with van der Waals surface area (Å²) in [4.78, 5) is 11.9. The van der Waals surface area contributed by atoms with Crippen LogP contribution in [-0.2, 0) is 11.3 Å². The van der Waals surface area contributed by atoms with Gasteiger partial charge in [0.15, 0.2) is 0 Å². The molecule has 0 spiro atoms. The van der Waals surface area contributed by atoms with Crippen LogP contribution in [0.3, 0.4) is 0 Å². The second-order valence-corrected chi connectivity index (χ2v) is 7.86. The molecular formula is C20H34N2O3. The van der Waals surface area contributed by atoms with Crippen LogP contribution in [0.4, 0.5) is 4.79 Å². The molecule has 5 heteroatoms. The molecule has 0 saturated heterocycles. The zero-order valence-corrected chi connectivity index (χ0v) is 16.7. The predicted molar refractivity (Wildman–Crippen MR) is 102 cm³/mol. The predicted octanol–water partition coefficient (Wildman–Crippen LogP) is 4.11. The van der Waals surface area contributed by atoms with Crippen molar-refractivity contribution < 1.29 is 14.3 Å². The first-order valence-corrected chi connectivity index (χ1v) is 8.99. The zero-order valence-electron chi connectivity index (χ0n) is 16.7. The van der Waals surface area contributed by atoms with Crippen LogP contribution in [0.1, 0.15) is 54.0 Å². The molecule has 0 radical (unpaired) electrons. The molecule has 1 rings (SSSR count). The molecule has 0 aliphatic heterocycles. The van der Waals surface area contributed by atoms with E-state index in [0.717, 1.165) is 11.3 Å². The molecule has 25 heavy (non-hydrogen) atoms. The molecule has 0 aliphatic rings.